The number of benzene rings is 1. The van der Waals surface area contributed by atoms with E-state index in [2.05, 4.69) is 55.8 Å². The number of ether oxygens (including phenoxy) is 1. The predicted molar refractivity (Wildman–Crippen MR) is 84.9 cm³/mol. The molecule has 0 saturated carbocycles. The van der Waals surface area contributed by atoms with Gasteiger partial charge in [0.15, 0.2) is 0 Å². The quantitative estimate of drug-likeness (QED) is 0.788. The molecule has 2 N–H and O–H groups in total. The van der Waals surface area contributed by atoms with E-state index in [1.807, 2.05) is 0 Å². The number of aromatic nitrogens is 1. The Morgan fingerprint density at radius 1 is 1.20 bits per heavy atom. The molecule has 3 heteroatoms. The molecule has 2 aromatic rings. The molecule has 0 radical (unpaired) electrons. The van der Waals surface area contributed by atoms with Gasteiger partial charge in [-0.05, 0) is 36.3 Å². The van der Waals surface area contributed by atoms with E-state index in [1.165, 1.54) is 16.5 Å². The number of hydrogen-bond acceptors (Lipinski definition) is 2. The second kappa shape index (κ2) is 6.91. The van der Waals surface area contributed by atoms with Crippen molar-refractivity contribution in [3.8, 4) is 0 Å². The molecule has 1 unspecified atom stereocenters. The van der Waals surface area contributed by atoms with Crippen molar-refractivity contribution < 1.29 is 4.74 Å². The van der Waals surface area contributed by atoms with Crippen molar-refractivity contribution in [2.75, 3.05) is 13.2 Å². The van der Waals surface area contributed by atoms with Crippen molar-refractivity contribution in [3.05, 3.63) is 36.0 Å². The lowest BCUT2D eigenvalue weighted by atomic mass is 10.0. The third-order valence-corrected chi connectivity index (χ3v) is 3.34. The summed E-state index contributed by atoms with van der Waals surface area (Å²) >= 11 is 0. The zero-order valence-electron chi connectivity index (χ0n) is 12.8. The van der Waals surface area contributed by atoms with Crippen LogP contribution in [-0.4, -0.2) is 23.8 Å². The maximum atomic E-state index is 5.96. The summed E-state index contributed by atoms with van der Waals surface area (Å²) in [5.41, 5.74) is 8.58. The minimum absolute atomic E-state index is 0.182. The van der Waals surface area contributed by atoms with Gasteiger partial charge in [-0.3, -0.25) is 0 Å². The van der Waals surface area contributed by atoms with E-state index in [0.717, 1.165) is 26.2 Å². The fourth-order valence-electron chi connectivity index (χ4n) is 2.52. The molecule has 3 nitrogen and oxygen atoms in total. The van der Waals surface area contributed by atoms with Gasteiger partial charge in [0.25, 0.3) is 0 Å². The molecule has 20 heavy (non-hydrogen) atoms. The molecule has 0 aliphatic carbocycles. The molecule has 1 aromatic heterocycles. The molecule has 0 fully saturated rings. The SMILES string of the molecule is CC(C)COCCn1ccc2cccc(CC(C)N)c21. The largest absolute Gasteiger partial charge is 0.379 e. The monoisotopic (exact) mass is 274 g/mol. The Balaban J connectivity index is 2.12. The standard InChI is InChI=1S/C17H26N2O/c1-13(2)12-20-10-9-19-8-7-15-5-4-6-16(17(15)19)11-14(3)18/h4-8,13-14H,9-12,18H2,1-3H3. The number of hydrogen-bond donors (Lipinski definition) is 1. The second-order valence-electron chi connectivity index (χ2n) is 6.01. The Kier molecular flexibility index (Phi) is 5.21. The fourth-order valence-corrected chi connectivity index (χ4v) is 2.52. The summed E-state index contributed by atoms with van der Waals surface area (Å²) in [7, 11) is 0. The highest BCUT2D eigenvalue weighted by atomic mass is 16.5. The molecule has 2 rings (SSSR count). The molecular weight excluding hydrogens is 248 g/mol. The van der Waals surface area contributed by atoms with Crippen LogP contribution in [0.1, 0.15) is 26.3 Å². The van der Waals surface area contributed by atoms with Crippen LogP contribution < -0.4 is 5.73 Å². The van der Waals surface area contributed by atoms with Gasteiger partial charge in [0.2, 0.25) is 0 Å². The maximum absolute atomic E-state index is 5.96. The summed E-state index contributed by atoms with van der Waals surface area (Å²) < 4.78 is 7.98. The topological polar surface area (TPSA) is 40.2 Å². The Labute approximate surface area is 121 Å². The highest BCUT2D eigenvalue weighted by Crippen LogP contribution is 2.21. The third kappa shape index (κ3) is 3.84. The van der Waals surface area contributed by atoms with Gasteiger partial charge in [-0.15, -0.1) is 0 Å². The minimum atomic E-state index is 0.182. The molecule has 0 aliphatic heterocycles. The van der Waals surface area contributed by atoms with Crippen molar-refractivity contribution >= 4 is 10.9 Å². The van der Waals surface area contributed by atoms with Crippen molar-refractivity contribution in [2.45, 2.75) is 39.8 Å². The van der Waals surface area contributed by atoms with E-state index in [0.29, 0.717) is 5.92 Å². The molecule has 110 valence electrons. The van der Waals surface area contributed by atoms with Crippen LogP contribution in [0.5, 0.6) is 0 Å². The zero-order valence-corrected chi connectivity index (χ0v) is 12.8. The van der Waals surface area contributed by atoms with E-state index in [-0.39, 0.29) is 6.04 Å². The number of para-hydroxylation sites is 1. The maximum Gasteiger partial charge on any atom is 0.0645 e. The van der Waals surface area contributed by atoms with Crippen molar-refractivity contribution in [1.82, 2.24) is 4.57 Å². The van der Waals surface area contributed by atoms with Crippen LogP contribution in [0, 0.1) is 5.92 Å². The van der Waals surface area contributed by atoms with Crippen LogP contribution in [0.4, 0.5) is 0 Å². The number of nitrogens with zero attached hydrogens (tertiary/aromatic N) is 1. The highest BCUT2D eigenvalue weighted by molar-refractivity contribution is 5.83. The molecule has 0 aliphatic rings. The third-order valence-electron chi connectivity index (χ3n) is 3.34. The van der Waals surface area contributed by atoms with Crippen molar-refractivity contribution in [3.63, 3.8) is 0 Å². The Hall–Kier alpha value is -1.32. The first-order valence-corrected chi connectivity index (χ1v) is 7.48. The van der Waals surface area contributed by atoms with Crippen LogP contribution in [0.15, 0.2) is 30.5 Å². The average Bonchev–Trinajstić information content (AvgIpc) is 2.78. The fraction of sp³-hybridized carbons (Fsp3) is 0.529. The Bertz CT molecular complexity index is 543. The van der Waals surface area contributed by atoms with Gasteiger partial charge >= 0.3 is 0 Å². The van der Waals surface area contributed by atoms with Crippen LogP contribution >= 0.6 is 0 Å². The minimum Gasteiger partial charge on any atom is -0.379 e. The smallest absolute Gasteiger partial charge is 0.0645 e. The molecule has 0 saturated heterocycles. The van der Waals surface area contributed by atoms with Gasteiger partial charge in [0, 0.05) is 25.4 Å². The lowest BCUT2D eigenvalue weighted by Crippen LogP contribution is -2.18. The zero-order chi connectivity index (χ0) is 14.5. The van der Waals surface area contributed by atoms with Crippen LogP contribution in [0.25, 0.3) is 10.9 Å². The summed E-state index contributed by atoms with van der Waals surface area (Å²) in [4.78, 5) is 0. The first-order chi connectivity index (χ1) is 9.58. The Morgan fingerprint density at radius 2 is 2.00 bits per heavy atom. The summed E-state index contributed by atoms with van der Waals surface area (Å²) in [5, 5.41) is 1.28. The number of rotatable bonds is 7. The van der Waals surface area contributed by atoms with E-state index in [9.17, 15) is 0 Å². The Morgan fingerprint density at radius 3 is 2.70 bits per heavy atom. The molecule has 0 bridgehead atoms. The predicted octanol–water partition coefficient (Wildman–Crippen LogP) is 3.20. The molecular formula is C17H26N2O. The highest BCUT2D eigenvalue weighted by Gasteiger charge is 2.08. The first kappa shape index (κ1) is 15.1. The first-order valence-electron chi connectivity index (χ1n) is 7.48. The van der Waals surface area contributed by atoms with Crippen molar-refractivity contribution in [1.29, 1.82) is 0 Å². The van der Waals surface area contributed by atoms with Gasteiger partial charge in [0.1, 0.15) is 0 Å². The van der Waals surface area contributed by atoms with Crippen molar-refractivity contribution in [2.24, 2.45) is 11.7 Å². The summed E-state index contributed by atoms with van der Waals surface area (Å²) in [6, 6.07) is 8.80. The molecule has 1 heterocycles. The van der Waals surface area contributed by atoms with Crippen LogP contribution in [0.2, 0.25) is 0 Å². The van der Waals surface area contributed by atoms with E-state index in [1.54, 1.807) is 0 Å². The van der Waals surface area contributed by atoms with Gasteiger partial charge < -0.3 is 15.0 Å². The number of fused-ring (bicyclic) bond motifs is 1. The van der Waals surface area contributed by atoms with E-state index >= 15 is 0 Å². The summed E-state index contributed by atoms with van der Waals surface area (Å²) in [6.07, 6.45) is 3.06. The summed E-state index contributed by atoms with van der Waals surface area (Å²) in [5.74, 6) is 0.588. The van der Waals surface area contributed by atoms with E-state index in [4.69, 9.17) is 10.5 Å². The van der Waals surface area contributed by atoms with Gasteiger partial charge in [-0.25, -0.2) is 0 Å². The van der Waals surface area contributed by atoms with Gasteiger partial charge in [-0.1, -0.05) is 32.0 Å². The lowest BCUT2D eigenvalue weighted by molar-refractivity contribution is 0.104. The van der Waals surface area contributed by atoms with Gasteiger partial charge in [-0.2, -0.15) is 0 Å². The normalized spacial score (nSPS) is 13.2. The van der Waals surface area contributed by atoms with Crippen LogP contribution in [0.3, 0.4) is 0 Å². The van der Waals surface area contributed by atoms with Crippen LogP contribution in [-0.2, 0) is 17.7 Å². The number of nitrogens with two attached hydrogens (primary N) is 1. The second-order valence-corrected chi connectivity index (χ2v) is 6.01. The molecule has 0 amide bonds. The molecule has 0 spiro atoms. The average molecular weight is 274 g/mol. The van der Waals surface area contributed by atoms with E-state index < -0.39 is 0 Å². The molecule has 1 aromatic carbocycles. The molecule has 1 atom stereocenters. The summed E-state index contributed by atoms with van der Waals surface area (Å²) in [6.45, 7) is 8.88. The van der Waals surface area contributed by atoms with Gasteiger partial charge in [0.05, 0.1) is 12.1 Å². The lowest BCUT2D eigenvalue weighted by Gasteiger charge is -2.12.